The lowest BCUT2D eigenvalue weighted by Crippen LogP contribution is -2.28. The molecule has 0 aliphatic rings. The van der Waals surface area contributed by atoms with Gasteiger partial charge in [0.15, 0.2) is 0 Å². The van der Waals surface area contributed by atoms with E-state index in [4.69, 9.17) is 5.73 Å². The van der Waals surface area contributed by atoms with E-state index in [1.54, 1.807) is 5.38 Å². The standard InChI is InChI=1S/C14H19N3O3S3.ClH/c15-6-1-2-7-16-14(18)13-12(5-9-22-13)23(19,20)17-10-11-4-3-8-21-11;/h3-5,8-9,17H,1-2,6-7,10,15H2,(H,16,18);1H. The summed E-state index contributed by atoms with van der Waals surface area (Å²) in [6.07, 6.45) is 1.59. The average molecular weight is 410 g/mol. The van der Waals surface area contributed by atoms with Gasteiger partial charge < -0.3 is 11.1 Å². The largest absolute Gasteiger partial charge is 0.351 e. The van der Waals surface area contributed by atoms with Crippen LogP contribution in [-0.4, -0.2) is 27.4 Å². The number of halogens is 1. The van der Waals surface area contributed by atoms with Crippen molar-refractivity contribution in [2.24, 2.45) is 5.73 Å². The molecule has 0 aliphatic carbocycles. The molecule has 2 heterocycles. The van der Waals surface area contributed by atoms with E-state index in [1.807, 2.05) is 17.5 Å². The van der Waals surface area contributed by atoms with Gasteiger partial charge in [0.05, 0.1) is 0 Å². The summed E-state index contributed by atoms with van der Waals surface area (Å²) in [6.45, 7) is 1.27. The van der Waals surface area contributed by atoms with E-state index in [0.717, 1.165) is 29.1 Å². The van der Waals surface area contributed by atoms with Gasteiger partial charge in [0.25, 0.3) is 5.91 Å². The highest BCUT2D eigenvalue weighted by atomic mass is 35.5. The Labute approximate surface area is 155 Å². The minimum atomic E-state index is -3.72. The van der Waals surface area contributed by atoms with Crippen LogP contribution in [0.2, 0.25) is 0 Å². The molecule has 0 aliphatic heterocycles. The smallest absolute Gasteiger partial charge is 0.262 e. The Morgan fingerprint density at radius 2 is 1.96 bits per heavy atom. The van der Waals surface area contributed by atoms with Crippen LogP contribution in [0.25, 0.3) is 0 Å². The molecule has 4 N–H and O–H groups in total. The Balaban J connectivity index is 0.00000288. The minimum absolute atomic E-state index is 0. The predicted octanol–water partition coefficient (Wildman–Crippen LogP) is 2.18. The van der Waals surface area contributed by atoms with E-state index in [0.29, 0.717) is 13.1 Å². The molecule has 2 aromatic heterocycles. The Morgan fingerprint density at radius 1 is 1.17 bits per heavy atom. The van der Waals surface area contributed by atoms with E-state index in [-0.39, 0.29) is 34.6 Å². The molecule has 0 atom stereocenters. The van der Waals surface area contributed by atoms with Crippen LogP contribution in [0.15, 0.2) is 33.9 Å². The molecule has 0 spiro atoms. The molecule has 2 rings (SSSR count). The van der Waals surface area contributed by atoms with Gasteiger partial charge in [-0.2, -0.15) is 0 Å². The first-order valence-corrected chi connectivity index (χ1v) is 10.4. The van der Waals surface area contributed by atoms with Gasteiger partial charge in [-0.15, -0.1) is 35.1 Å². The second kappa shape index (κ2) is 10.1. The molecular weight excluding hydrogens is 390 g/mol. The zero-order valence-electron chi connectivity index (χ0n) is 12.9. The molecule has 1 amide bonds. The summed E-state index contributed by atoms with van der Waals surface area (Å²) in [5, 5.41) is 6.22. The normalized spacial score (nSPS) is 11.0. The van der Waals surface area contributed by atoms with Crippen molar-refractivity contribution in [2.75, 3.05) is 13.1 Å². The second-order valence-corrected chi connectivity index (χ2v) is 8.45. The maximum absolute atomic E-state index is 12.4. The number of amides is 1. The lowest BCUT2D eigenvalue weighted by atomic mass is 10.3. The number of thiophene rings is 2. The van der Waals surface area contributed by atoms with Crippen molar-refractivity contribution in [3.8, 4) is 0 Å². The molecule has 2 aromatic rings. The van der Waals surface area contributed by atoms with Crippen molar-refractivity contribution >= 4 is 51.0 Å². The van der Waals surface area contributed by atoms with Crippen LogP contribution in [0.5, 0.6) is 0 Å². The summed E-state index contributed by atoms with van der Waals surface area (Å²) in [5.41, 5.74) is 5.40. The van der Waals surface area contributed by atoms with Crippen molar-refractivity contribution in [2.45, 2.75) is 24.3 Å². The lowest BCUT2D eigenvalue weighted by Gasteiger charge is -2.08. The monoisotopic (exact) mass is 409 g/mol. The first kappa shape index (κ1) is 21.1. The SMILES string of the molecule is Cl.NCCCCNC(=O)c1sccc1S(=O)(=O)NCc1cccs1. The number of carbonyl (C=O) groups is 1. The molecule has 0 saturated carbocycles. The van der Waals surface area contributed by atoms with Crippen LogP contribution in [-0.2, 0) is 16.6 Å². The summed E-state index contributed by atoms with van der Waals surface area (Å²) in [5.74, 6) is -0.367. The number of sulfonamides is 1. The van der Waals surface area contributed by atoms with Gasteiger partial charge in [0.1, 0.15) is 9.77 Å². The Hall–Kier alpha value is -0.970. The van der Waals surface area contributed by atoms with Gasteiger partial charge in [-0.1, -0.05) is 6.07 Å². The summed E-state index contributed by atoms with van der Waals surface area (Å²) < 4.78 is 27.3. The lowest BCUT2D eigenvalue weighted by molar-refractivity contribution is 0.0954. The van der Waals surface area contributed by atoms with Crippen LogP contribution in [0.1, 0.15) is 27.4 Å². The van der Waals surface area contributed by atoms with E-state index in [1.165, 1.54) is 17.4 Å². The number of carbonyl (C=O) groups excluding carboxylic acids is 1. The third-order valence-electron chi connectivity index (χ3n) is 3.06. The van der Waals surface area contributed by atoms with E-state index in [2.05, 4.69) is 10.0 Å². The quantitative estimate of drug-likeness (QED) is 0.552. The number of hydrogen-bond donors (Lipinski definition) is 3. The Morgan fingerprint density at radius 3 is 2.62 bits per heavy atom. The number of unbranched alkanes of at least 4 members (excludes halogenated alkanes) is 1. The van der Waals surface area contributed by atoms with Crippen molar-refractivity contribution in [3.05, 3.63) is 38.7 Å². The first-order chi connectivity index (χ1) is 11.0. The van der Waals surface area contributed by atoms with Crippen molar-refractivity contribution in [1.82, 2.24) is 10.0 Å². The van der Waals surface area contributed by atoms with Crippen molar-refractivity contribution in [1.29, 1.82) is 0 Å². The van der Waals surface area contributed by atoms with Crippen molar-refractivity contribution in [3.63, 3.8) is 0 Å². The van der Waals surface area contributed by atoms with Gasteiger partial charge >= 0.3 is 0 Å². The van der Waals surface area contributed by atoms with Crippen LogP contribution in [0, 0.1) is 0 Å². The molecule has 24 heavy (non-hydrogen) atoms. The third kappa shape index (κ3) is 5.83. The number of hydrogen-bond acceptors (Lipinski definition) is 6. The Kier molecular flexibility index (Phi) is 8.88. The molecule has 10 heteroatoms. The van der Waals surface area contributed by atoms with Crippen LogP contribution in [0.4, 0.5) is 0 Å². The van der Waals surface area contributed by atoms with E-state index < -0.39 is 10.0 Å². The third-order valence-corrected chi connectivity index (χ3v) is 6.42. The minimum Gasteiger partial charge on any atom is -0.351 e. The fraction of sp³-hybridized carbons (Fsp3) is 0.357. The predicted molar refractivity (Wildman–Crippen MR) is 101 cm³/mol. The molecule has 0 unspecified atom stereocenters. The average Bonchev–Trinajstić information content (AvgIpc) is 3.20. The van der Waals surface area contributed by atoms with Crippen LogP contribution >= 0.6 is 35.1 Å². The zero-order valence-corrected chi connectivity index (χ0v) is 16.1. The molecule has 0 radical (unpaired) electrons. The van der Waals surface area contributed by atoms with Crippen molar-refractivity contribution < 1.29 is 13.2 Å². The number of nitrogens with one attached hydrogen (secondary N) is 2. The fourth-order valence-electron chi connectivity index (χ4n) is 1.88. The maximum Gasteiger partial charge on any atom is 0.262 e. The highest BCUT2D eigenvalue weighted by molar-refractivity contribution is 7.89. The summed E-state index contributed by atoms with van der Waals surface area (Å²) in [6, 6.07) is 5.17. The van der Waals surface area contributed by atoms with Crippen LogP contribution < -0.4 is 15.8 Å². The van der Waals surface area contributed by atoms with Gasteiger partial charge in [0, 0.05) is 18.0 Å². The molecular formula is C14H20ClN3O3S3. The molecule has 0 bridgehead atoms. The molecule has 6 nitrogen and oxygen atoms in total. The summed E-state index contributed by atoms with van der Waals surface area (Å²) >= 11 is 2.59. The maximum atomic E-state index is 12.4. The van der Waals surface area contributed by atoms with Gasteiger partial charge in [-0.25, -0.2) is 13.1 Å². The highest BCUT2D eigenvalue weighted by Crippen LogP contribution is 2.22. The number of nitrogens with two attached hydrogens (primary N) is 1. The zero-order chi connectivity index (χ0) is 16.7. The van der Waals surface area contributed by atoms with Gasteiger partial charge in [0.2, 0.25) is 10.0 Å². The summed E-state index contributed by atoms with van der Waals surface area (Å²) in [4.78, 5) is 13.3. The van der Waals surface area contributed by atoms with E-state index in [9.17, 15) is 13.2 Å². The molecule has 134 valence electrons. The fourth-order valence-corrected chi connectivity index (χ4v) is 4.97. The van der Waals surface area contributed by atoms with E-state index >= 15 is 0 Å². The van der Waals surface area contributed by atoms with Gasteiger partial charge in [-0.3, -0.25) is 4.79 Å². The highest BCUT2D eigenvalue weighted by Gasteiger charge is 2.23. The molecule has 0 fully saturated rings. The number of rotatable bonds is 9. The molecule has 0 aromatic carbocycles. The van der Waals surface area contributed by atoms with Crippen LogP contribution in [0.3, 0.4) is 0 Å². The van der Waals surface area contributed by atoms with Gasteiger partial charge in [-0.05, 0) is 42.3 Å². The molecule has 0 saturated heterocycles. The second-order valence-electron chi connectivity index (χ2n) is 4.77. The first-order valence-electron chi connectivity index (χ1n) is 7.12. The topological polar surface area (TPSA) is 101 Å². The Bertz CT molecular complexity index is 730. The summed E-state index contributed by atoms with van der Waals surface area (Å²) in [7, 11) is -3.72.